The predicted molar refractivity (Wildman–Crippen MR) is 67.5 cm³/mol. The number of amides is 1. The van der Waals surface area contributed by atoms with E-state index in [9.17, 15) is 9.59 Å². The average molecular weight is 268 g/mol. The van der Waals surface area contributed by atoms with Crippen LogP contribution >= 0.6 is 11.3 Å². The zero-order valence-electron chi connectivity index (χ0n) is 10.5. The summed E-state index contributed by atoms with van der Waals surface area (Å²) in [6, 6.07) is -0.445. The van der Waals surface area contributed by atoms with E-state index in [1.165, 1.54) is 11.3 Å². The molecule has 5 nitrogen and oxygen atoms in total. The summed E-state index contributed by atoms with van der Waals surface area (Å²) in [5, 5.41) is 2.59. The number of rotatable bonds is 3. The second-order valence-electron chi connectivity index (χ2n) is 4.16. The van der Waals surface area contributed by atoms with E-state index in [2.05, 4.69) is 4.98 Å². The molecule has 1 aliphatic heterocycles. The first-order valence-corrected chi connectivity index (χ1v) is 6.91. The van der Waals surface area contributed by atoms with Crippen LogP contribution in [0, 0.1) is 6.92 Å². The first-order chi connectivity index (χ1) is 8.63. The SMILES string of the molecule is CCOC(=O)C1CCCN1C(=O)c1csc(C)n1. The lowest BCUT2D eigenvalue weighted by Crippen LogP contribution is -2.41. The number of aryl methyl sites for hydroxylation is 1. The lowest BCUT2D eigenvalue weighted by molar-refractivity contribution is -0.147. The largest absolute Gasteiger partial charge is 0.464 e. The molecule has 0 aromatic carbocycles. The Hall–Kier alpha value is -1.43. The summed E-state index contributed by atoms with van der Waals surface area (Å²) in [6.45, 7) is 4.56. The van der Waals surface area contributed by atoms with Gasteiger partial charge in [-0.15, -0.1) is 11.3 Å². The van der Waals surface area contributed by atoms with Crippen molar-refractivity contribution in [1.82, 2.24) is 9.88 Å². The molecule has 1 unspecified atom stereocenters. The number of ether oxygens (including phenoxy) is 1. The maximum Gasteiger partial charge on any atom is 0.328 e. The van der Waals surface area contributed by atoms with E-state index in [0.29, 0.717) is 25.3 Å². The van der Waals surface area contributed by atoms with Crippen LogP contribution < -0.4 is 0 Å². The molecule has 0 radical (unpaired) electrons. The molecule has 0 saturated carbocycles. The van der Waals surface area contributed by atoms with Gasteiger partial charge in [0.25, 0.3) is 5.91 Å². The fourth-order valence-corrected chi connectivity index (χ4v) is 2.69. The molecule has 0 aliphatic carbocycles. The lowest BCUT2D eigenvalue weighted by atomic mass is 10.2. The van der Waals surface area contributed by atoms with Crippen LogP contribution in [0.3, 0.4) is 0 Å². The molecule has 6 heteroatoms. The number of carbonyl (C=O) groups excluding carboxylic acids is 2. The Morgan fingerprint density at radius 3 is 3.00 bits per heavy atom. The van der Waals surface area contributed by atoms with E-state index in [-0.39, 0.29) is 11.9 Å². The van der Waals surface area contributed by atoms with E-state index in [1.807, 2.05) is 6.92 Å². The van der Waals surface area contributed by atoms with E-state index in [1.54, 1.807) is 17.2 Å². The maximum absolute atomic E-state index is 12.2. The third-order valence-corrected chi connectivity index (χ3v) is 3.68. The molecule has 98 valence electrons. The minimum Gasteiger partial charge on any atom is -0.464 e. The Bertz CT molecular complexity index is 458. The van der Waals surface area contributed by atoms with E-state index in [0.717, 1.165) is 11.4 Å². The number of nitrogens with zero attached hydrogens (tertiary/aromatic N) is 2. The summed E-state index contributed by atoms with van der Waals surface area (Å²) < 4.78 is 5.00. The molecular formula is C12H16N2O3S. The number of likely N-dealkylation sites (tertiary alicyclic amines) is 1. The molecule has 1 fully saturated rings. The highest BCUT2D eigenvalue weighted by atomic mass is 32.1. The first-order valence-electron chi connectivity index (χ1n) is 6.03. The summed E-state index contributed by atoms with van der Waals surface area (Å²) in [7, 11) is 0. The van der Waals surface area contributed by atoms with Gasteiger partial charge in [0, 0.05) is 11.9 Å². The number of thiazole rings is 1. The van der Waals surface area contributed by atoms with Gasteiger partial charge in [0.05, 0.1) is 11.6 Å². The van der Waals surface area contributed by atoms with Gasteiger partial charge in [-0.25, -0.2) is 9.78 Å². The van der Waals surface area contributed by atoms with Gasteiger partial charge in [0.1, 0.15) is 11.7 Å². The van der Waals surface area contributed by atoms with Crippen LogP contribution in [0.1, 0.15) is 35.3 Å². The van der Waals surface area contributed by atoms with Crippen molar-refractivity contribution < 1.29 is 14.3 Å². The van der Waals surface area contributed by atoms with Gasteiger partial charge in [-0.3, -0.25) is 4.79 Å². The minimum absolute atomic E-state index is 0.171. The Morgan fingerprint density at radius 1 is 1.61 bits per heavy atom. The monoisotopic (exact) mass is 268 g/mol. The molecule has 0 N–H and O–H groups in total. The van der Waals surface area contributed by atoms with Crippen molar-refractivity contribution in [1.29, 1.82) is 0 Å². The average Bonchev–Trinajstić information content (AvgIpc) is 2.96. The van der Waals surface area contributed by atoms with Gasteiger partial charge in [-0.1, -0.05) is 0 Å². The van der Waals surface area contributed by atoms with Gasteiger partial charge in [0.15, 0.2) is 0 Å². The Morgan fingerprint density at radius 2 is 2.39 bits per heavy atom. The molecule has 18 heavy (non-hydrogen) atoms. The van der Waals surface area contributed by atoms with Crippen LogP contribution in [0.4, 0.5) is 0 Å². The molecule has 1 aliphatic rings. The standard InChI is InChI=1S/C12H16N2O3S/c1-3-17-12(16)10-5-4-6-14(10)11(15)9-7-18-8(2)13-9/h7,10H,3-6H2,1-2H3. The van der Waals surface area contributed by atoms with Crippen molar-refractivity contribution in [2.45, 2.75) is 32.7 Å². The van der Waals surface area contributed by atoms with Crippen LogP contribution in [0.15, 0.2) is 5.38 Å². The Labute approximate surface area is 110 Å². The number of hydrogen-bond acceptors (Lipinski definition) is 5. The summed E-state index contributed by atoms with van der Waals surface area (Å²) in [5.74, 6) is -0.481. The summed E-state index contributed by atoms with van der Waals surface area (Å²) >= 11 is 1.44. The fraction of sp³-hybridized carbons (Fsp3) is 0.583. The number of hydrogen-bond donors (Lipinski definition) is 0. The fourth-order valence-electron chi connectivity index (χ4n) is 2.10. The van der Waals surface area contributed by atoms with E-state index >= 15 is 0 Å². The quantitative estimate of drug-likeness (QED) is 0.782. The molecule has 1 aromatic heterocycles. The molecule has 2 rings (SSSR count). The van der Waals surface area contributed by atoms with E-state index < -0.39 is 6.04 Å². The van der Waals surface area contributed by atoms with Crippen molar-refractivity contribution in [2.75, 3.05) is 13.2 Å². The van der Waals surface area contributed by atoms with Gasteiger partial charge in [-0.2, -0.15) is 0 Å². The smallest absolute Gasteiger partial charge is 0.328 e. The van der Waals surface area contributed by atoms with Crippen molar-refractivity contribution in [2.24, 2.45) is 0 Å². The number of carbonyl (C=O) groups is 2. The van der Waals surface area contributed by atoms with Crippen molar-refractivity contribution in [3.8, 4) is 0 Å². The highest BCUT2D eigenvalue weighted by Crippen LogP contribution is 2.21. The predicted octanol–water partition coefficient (Wildman–Crippen LogP) is 1.62. The maximum atomic E-state index is 12.2. The zero-order chi connectivity index (χ0) is 13.1. The van der Waals surface area contributed by atoms with Crippen LogP contribution in [0.5, 0.6) is 0 Å². The molecular weight excluding hydrogens is 252 g/mol. The van der Waals surface area contributed by atoms with Crippen LogP contribution in [0.2, 0.25) is 0 Å². The van der Waals surface area contributed by atoms with Crippen molar-refractivity contribution >= 4 is 23.2 Å². The van der Waals surface area contributed by atoms with Gasteiger partial charge in [-0.05, 0) is 26.7 Å². The van der Waals surface area contributed by atoms with Gasteiger partial charge < -0.3 is 9.64 Å². The Kier molecular flexibility index (Phi) is 3.96. The zero-order valence-corrected chi connectivity index (χ0v) is 11.3. The first kappa shape index (κ1) is 13.0. The molecule has 1 aromatic rings. The second kappa shape index (κ2) is 5.48. The Balaban J connectivity index is 2.11. The third kappa shape index (κ3) is 2.53. The highest BCUT2D eigenvalue weighted by molar-refractivity contribution is 7.09. The van der Waals surface area contributed by atoms with Crippen LogP contribution in [0.25, 0.3) is 0 Å². The molecule has 2 heterocycles. The van der Waals surface area contributed by atoms with Gasteiger partial charge in [0.2, 0.25) is 0 Å². The third-order valence-electron chi connectivity index (χ3n) is 2.91. The van der Waals surface area contributed by atoms with Gasteiger partial charge >= 0.3 is 5.97 Å². The molecule has 1 amide bonds. The molecule has 0 bridgehead atoms. The molecule has 1 saturated heterocycles. The van der Waals surface area contributed by atoms with Crippen LogP contribution in [-0.2, 0) is 9.53 Å². The van der Waals surface area contributed by atoms with E-state index in [4.69, 9.17) is 4.74 Å². The molecule has 1 atom stereocenters. The number of esters is 1. The number of aromatic nitrogens is 1. The second-order valence-corrected chi connectivity index (χ2v) is 5.22. The normalized spacial score (nSPS) is 19.0. The summed E-state index contributed by atoms with van der Waals surface area (Å²) in [5.41, 5.74) is 0.425. The minimum atomic E-state index is -0.445. The lowest BCUT2D eigenvalue weighted by Gasteiger charge is -2.22. The van der Waals surface area contributed by atoms with Crippen molar-refractivity contribution in [3.63, 3.8) is 0 Å². The van der Waals surface area contributed by atoms with Crippen LogP contribution in [-0.4, -0.2) is 41.0 Å². The molecule has 0 spiro atoms. The summed E-state index contributed by atoms with van der Waals surface area (Å²) in [4.78, 5) is 29.8. The van der Waals surface area contributed by atoms with Crippen molar-refractivity contribution in [3.05, 3.63) is 16.1 Å². The highest BCUT2D eigenvalue weighted by Gasteiger charge is 2.36. The summed E-state index contributed by atoms with van der Waals surface area (Å²) in [6.07, 6.45) is 1.51. The topological polar surface area (TPSA) is 59.5 Å².